The van der Waals surface area contributed by atoms with Gasteiger partial charge in [0.15, 0.2) is 5.82 Å². The SMILES string of the molecule is C[C@@]12C[C@@H](C(=O)Nc3nc(C(F)(F)F)ccc3Cl)N[C@@H]1C2. The number of anilines is 1. The number of carbonyl (C=O) groups is 1. The van der Waals surface area contributed by atoms with E-state index in [4.69, 9.17) is 11.6 Å². The van der Waals surface area contributed by atoms with E-state index in [9.17, 15) is 18.0 Å². The van der Waals surface area contributed by atoms with Crippen molar-refractivity contribution in [1.82, 2.24) is 10.3 Å². The molecule has 1 aliphatic carbocycles. The molecule has 2 heterocycles. The van der Waals surface area contributed by atoms with Gasteiger partial charge in [-0.15, -0.1) is 0 Å². The summed E-state index contributed by atoms with van der Waals surface area (Å²) >= 11 is 5.80. The lowest BCUT2D eigenvalue weighted by Gasteiger charge is -2.15. The molecule has 1 saturated heterocycles. The molecule has 0 radical (unpaired) electrons. The van der Waals surface area contributed by atoms with Crippen molar-refractivity contribution < 1.29 is 18.0 Å². The number of hydrogen-bond acceptors (Lipinski definition) is 3. The smallest absolute Gasteiger partial charge is 0.308 e. The van der Waals surface area contributed by atoms with E-state index in [0.717, 1.165) is 18.6 Å². The molecule has 21 heavy (non-hydrogen) atoms. The summed E-state index contributed by atoms with van der Waals surface area (Å²) in [4.78, 5) is 15.5. The molecule has 0 aromatic carbocycles. The van der Waals surface area contributed by atoms with Crippen molar-refractivity contribution in [3.63, 3.8) is 0 Å². The molecular weight excluding hydrogens is 307 g/mol. The van der Waals surface area contributed by atoms with Gasteiger partial charge in [0.2, 0.25) is 5.91 Å². The normalized spacial score (nSPS) is 30.9. The number of alkyl halides is 3. The van der Waals surface area contributed by atoms with E-state index in [-0.39, 0.29) is 16.3 Å². The topological polar surface area (TPSA) is 54.0 Å². The van der Waals surface area contributed by atoms with E-state index >= 15 is 0 Å². The molecule has 114 valence electrons. The van der Waals surface area contributed by atoms with Crippen LogP contribution < -0.4 is 10.6 Å². The molecule has 2 N–H and O–H groups in total. The van der Waals surface area contributed by atoms with Crippen LogP contribution >= 0.6 is 11.6 Å². The molecule has 1 amide bonds. The van der Waals surface area contributed by atoms with Crippen molar-refractivity contribution >= 4 is 23.3 Å². The number of halogens is 4. The number of fused-ring (bicyclic) bond motifs is 1. The second kappa shape index (κ2) is 4.58. The third-order valence-electron chi connectivity index (χ3n) is 4.12. The van der Waals surface area contributed by atoms with Gasteiger partial charge in [0.05, 0.1) is 11.1 Å². The Kier molecular flexibility index (Phi) is 3.18. The van der Waals surface area contributed by atoms with E-state index in [1.165, 1.54) is 0 Å². The lowest BCUT2D eigenvalue weighted by molar-refractivity contribution is -0.141. The lowest BCUT2D eigenvalue weighted by atomic mass is 10.0. The summed E-state index contributed by atoms with van der Waals surface area (Å²) in [6, 6.07) is 1.76. The number of pyridine rings is 1. The molecule has 3 atom stereocenters. The van der Waals surface area contributed by atoms with Gasteiger partial charge in [-0.05, 0) is 30.4 Å². The van der Waals surface area contributed by atoms with Gasteiger partial charge in [0, 0.05) is 6.04 Å². The van der Waals surface area contributed by atoms with Crippen LogP contribution in [0.4, 0.5) is 19.0 Å². The van der Waals surface area contributed by atoms with Crippen LogP contribution in [0.5, 0.6) is 0 Å². The van der Waals surface area contributed by atoms with E-state index in [0.29, 0.717) is 12.5 Å². The van der Waals surface area contributed by atoms with Gasteiger partial charge in [-0.1, -0.05) is 18.5 Å². The fraction of sp³-hybridized carbons (Fsp3) is 0.538. The molecular formula is C13H13ClF3N3O. The number of carbonyl (C=O) groups excluding carboxylic acids is 1. The zero-order valence-electron chi connectivity index (χ0n) is 11.1. The van der Waals surface area contributed by atoms with Gasteiger partial charge in [-0.3, -0.25) is 4.79 Å². The minimum Gasteiger partial charge on any atom is -0.308 e. The third-order valence-corrected chi connectivity index (χ3v) is 4.42. The maximum atomic E-state index is 12.6. The molecule has 2 aliphatic rings. The minimum atomic E-state index is -4.58. The summed E-state index contributed by atoms with van der Waals surface area (Å²) in [6.07, 6.45) is -2.88. The van der Waals surface area contributed by atoms with E-state index in [1.54, 1.807) is 0 Å². The molecule has 8 heteroatoms. The molecule has 2 fully saturated rings. The van der Waals surface area contributed by atoms with Gasteiger partial charge in [-0.25, -0.2) is 4.98 Å². The average molecular weight is 320 g/mol. The van der Waals surface area contributed by atoms with Gasteiger partial charge in [0.25, 0.3) is 0 Å². The quantitative estimate of drug-likeness (QED) is 0.881. The van der Waals surface area contributed by atoms with Crippen LogP contribution in [0.2, 0.25) is 5.02 Å². The fourth-order valence-corrected chi connectivity index (χ4v) is 2.87. The number of amides is 1. The van der Waals surface area contributed by atoms with Crippen LogP contribution in [-0.2, 0) is 11.0 Å². The molecule has 3 rings (SSSR count). The van der Waals surface area contributed by atoms with E-state index in [1.807, 2.05) is 0 Å². The monoisotopic (exact) mass is 319 g/mol. The predicted octanol–water partition coefficient (Wildman–Crippen LogP) is 2.83. The molecule has 1 saturated carbocycles. The second-order valence-corrected chi connectivity index (χ2v) is 6.26. The maximum absolute atomic E-state index is 12.6. The summed E-state index contributed by atoms with van der Waals surface area (Å²) in [5, 5.41) is 5.50. The summed E-state index contributed by atoms with van der Waals surface area (Å²) < 4.78 is 37.8. The van der Waals surface area contributed by atoms with Gasteiger partial charge >= 0.3 is 6.18 Å². The number of hydrogen-bond donors (Lipinski definition) is 2. The molecule has 1 aliphatic heterocycles. The Balaban J connectivity index is 1.74. The Hall–Kier alpha value is -1.34. The standard InChI is InChI=1S/C13H13ClF3N3O/c1-12-4-7(18-9(12)5-12)11(21)20-10-6(14)2-3-8(19-10)13(15,16)17/h2-3,7,9,18H,4-5H2,1H3,(H,19,20,21)/t7-,9+,12-/m0/s1. The molecule has 0 bridgehead atoms. The van der Waals surface area contributed by atoms with Crippen molar-refractivity contribution in [2.45, 2.75) is 38.0 Å². The highest BCUT2D eigenvalue weighted by molar-refractivity contribution is 6.33. The second-order valence-electron chi connectivity index (χ2n) is 5.85. The maximum Gasteiger partial charge on any atom is 0.433 e. The Bertz CT molecular complexity index is 607. The molecule has 0 unspecified atom stereocenters. The van der Waals surface area contributed by atoms with Crippen molar-refractivity contribution in [3.8, 4) is 0 Å². The van der Waals surface area contributed by atoms with Crippen LogP contribution in [-0.4, -0.2) is 23.0 Å². The van der Waals surface area contributed by atoms with E-state index in [2.05, 4.69) is 22.5 Å². The molecule has 1 aromatic rings. The predicted molar refractivity (Wildman–Crippen MR) is 70.9 cm³/mol. The van der Waals surface area contributed by atoms with Gasteiger partial charge in [0.1, 0.15) is 5.69 Å². The number of rotatable bonds is 2. The first-order chi connectivity index (χ1) is 9.69. The Labute approximate surface area is 124 Å². The Morgan fingerprint density at radius 2 is 2.19 bits per heavy atom. The van der Waals surface area contributed by atoms with Crippen LogP contribution in [0, 0.1) is 5.41 Å². The van der Waals surface area contributed by atoms with Crippen molar-refractivity contribution in [2.24, 2.45) is 5.41 Å². The highest BCUT2D eigenvalue weighted by atomic mass is 35.5. The molecule has 0 spiro atoms. The number of piperidine rings is 1. The van der Waals surface area contributed by atoms with Crippen molar-refractivity contribution in [3.05, 3.63) is 22.8 Å². The summed E-state index contributed by atoms with van der Waals surface area (Å²) in [7, 11) is 0. The van der Waals surface area contributed by atoms with Crippen LogP contribution in [0.1, 0.15) is 25.5 Å². The first-order valence-corrected chi connectivity index (χ1v) is 6.87. The van der Waals surface area contributed by atoms with Crippen molar-refractivity contribution in [1.29, 1.82) is 0 Å². The highest BCUT2D eigenvalue weighted by Gasteiger charge is 2.58. The van der Waals surface area contributed by atoms with Crippen molar-refractivity contribution in [2.75, 3.05) is 5.32 Å². The zero-order chi connectivity index (χ0) is 15.4. The largest absolute Gasteiger partial charge is 0.433 e. The Morgan fingerprint density at radius 1 is 1.48 bits per heavy atom. The first kappa shape index (κ1) is 14.6. The molecule has 1 aromatic heterocycles. The summed E-state index contributed by atoms with van der Waals surface area (Å²) in [5.74, 6) is -0.666. The Morgan fingerprint density at radius 3 is 2.76 bits per heavy atom. The van der Waals surface area contributed by atoms with Gasteiger partial charge < -0.3 is 10.6 Å². The highest BCUT2D eigenvalue weighted by Crippen LogP contribution is 2.54. The number of nitrogens with zero attached hydrogens (tertiary/aromatic N) is 1. The van der Waals surface area contributed by atoms with Crippen LogP contribution in [0.25, 0.3) is 0 Å². The first-order valence-electron chi connectivity index (χ1n) is 6.50. The number of nitrogens with one attached hydrogen (secondary N) is 2. The zero-order valence-corrected chi connectivity index (χ0v) is 11.8. The average Bonchev–Trinajstić information content (AvgIpc) is 2.88. The lowest BCUT2D eigenvalue weighted by Crippen LogP contribution is -2.38. The minimum absolute atomic E-state index is 0.0225. The van der Waals surface area contributed by atoms with E-state index < -0.39 is 23.8 Å². The summed E-state index contributed by atoms with van der Waals surface area (Å²) in [5.41, 5.74) is -0.955. The fourth-order valence-electron chi connectivity index (χ4n) is 2.72. The van der Waals surface area contributed by atoms with Crippen LogP contribution in [0.15, 0.2) is 12.1 Å². The van der Waals surface area contributed by atoms with Gasteiger partial charge in [-0.2, -0.15) is 13.2 Å². The number of aromatic nitrogens is 1. The third kappa shape index (κ3) is 2.72. The summed E-state index contributed by atoms with van der Waals surface area (Å²) in [6.45, 7) is 2.08. The van der Waals surface area contributed by atoms with Crippen LogP contribution in [0.3, 0.4) is 0 Å². The molecule has 4 nitrogen and oxygen atoms in total.